The Balaban J connectivity index is 2.69. The van der Waals surface area contributed by atoms with Crippen LogP contribution in [0.15, 0.2) is 0 Å². The lowest BCUT2D eigenvalue weighted by molar-refractivity contribution is 0.133. The molecule has 2 unspecified atom stereocenters. The van der Waals surface area contributed by atoms with Crippen LogP contribution in [0.5, 0.6) is 0 Å². The van der Waals surface area contributed by atoms with Crippen LogP contribution in [-0.2, 0) is 4.74 Å². The van der Waals surface area contributed by atoms with Crippen LogP contribution in [0.25, 0.3) is 0 Å². The summed E-state index contributed by atoms with van der Waals surface area (Å²) in [4.78, 5) is 0. The van der Waals surface area contributed by atoms with Crippen molar-refractivity contribution < 1.29 is 4.74 Å². The number of rotatable bonds is 8. The molecular weight excluding hydrogens is 176 g/mol. The molecule has 0 saturated carbocycles. The first kappa shape index (κ1) is 11.8. The van der Waals surface area contributed by atoms with Gasteiger partial charge in [0.15, 0.2) is 0 Å². The number of nitrogens with one attached hydrogen (secondary N) is 1. The molecule has 0 aromatic heterocycles. The molecule has 4 heteroatoms. The maximum Gasteiger partial charge on any atom is 0.0478 e. The van der Waals surface area contributed by atoms with Gasteiger partial charge in [-0.2, -0.15) is 0 Å². The summed E-state index contributed by atoms with van der Waals surface area (Å²) in [6.45, 7) is 2.93. The van der Waals surface area contributed by atoms with E-state index in [0.717, 1.165) is 34.4 Å². The zero-order valence-corrected chi connectivity index (χ0v) is 9.77. The first-order valence-electron chi connectivity index (χ1n) is 4.14. The molecule has 11 heavy (non-hydrogen) atoms. The Labute approximate surface area is 73.7 Å². The summed E-state index contributed by atoms with van der Waals surface area (Å²) in [5.41, 5.74) is 0. The summed E-state index contributed by atoms with van der Waals surface area (Å²) >= 11 is 0. The molecule has 0 aromatic carbocycles. The fraction of sp³-hybridized carbons (Fsp3) is 1.00. The summed E-state index contributed by atoms with van der Waals surface area (Å²) in [5, 5.41) is 3.09. The highest BCUT2D eigenvalue weighted by molar-refractivity contribution is 8.02. The van der Waals surface area contributed by atoms with Crippen molar-refractivity contribution in [2.75, 3.05) is 33.0 Å². The fourth-order valence-electron chi connectivity index (χ4n) is 0.752. The predicted molar refractivity (Wildman–Crippen MR) is 58.3 cm³/mol. The lowest BCUT2D eigenvalue weighted by Crippen LogP contribution is -2.10. The molecule has 2 nitrogen and oxygen atoms in total. The third-order valence-corrected chi connectivity index (χ3v) is 3.13. The van der Waals surface area contributed by atoms with Gasteiger partial charge in [0.1, 0.15) is 0 Å². The van der Waals surface area contributed by atoms with Gasteiger partial charge in [-0.15, -0.1) is 0 Å². The van der Waals surface area contributed by atoms with Gasteiger partial charge < -0.3 is 10.1 Å². The second kappa shape index (κ2) is 10.8. The minimum absolute atomic E-state index is 0.913. The van der Waals surface area contributed by atoms with Gasteiger partial charge in [0.05, 0.1) is 0 Å². The van der Waals surface area contributed by atoms with Crippen LogP contribution in [0.2, 0.25) is 0 Å². The van der Waals surface area contributed by atoms with Gasteiger partial charge in [-0.05, 0) is 35.4 Å². The van der Waals surface area contributed by atoms with Crippen molar-refractivity contribution in [2.24, 2.45) is 0 Å². The highest BCUT2D eigenvalue weighted by Gasteiger charge is 1.89. The third kappa shape index (κ3) is 10.8. The van der Waals surface area contributed by atoms with Gasteiger partial charge in [-0.1, -0.05) is 0 Å². The predicted octanol–water partition coefficient (Wildman–Crippen LogP) is 1.20. The van der Waals surface area contributed by atoms with E-state index in [-0.39, 0.29) is 0 Å². The highest BCUT2D eigenvalue weighted by Crippen LogP contribution is 2.19. The second-order valence-electron chi connectivity index (χ2n) is 2.42. The minimum atomic E-state index is 0.913. The van der Waals surface area contributed by atoms with E-state index in [0.29, 0.717) is 0 Å². The molecular formula is C7H20NOP2+. The van der Waals surface area contributed by atoms with E-state index in [1.54, 1.807) is 0 Å². The molecule has 68 valence electrons. The van der Waals surface area contributed by atoms with Crippen LogP contribution in [0.4, 0.5) is 0 Å². The van der Waals surface area contributed by atoms with E-state index in [1.165, 1.54) is 12.6 Å². The molecule has 0 radical (unpaired) electrons. The Kier molecular flexibility index (Phi) is 11.5. The molecule has 2 atom stereocenters. The van der Waals surface area contributed by atoms with Crippen molar-refractivity contribution >= 4 is 17.2 Å². The Bertz CT molecular complexity index is 65.5. The van der Waals surface area contributed by atoms with Gasteiger partial charge in [0.2, 0.25) is 0 Å². The number of hydrogen-bond acceptors (Lipinski definition) is 2. The molecule has 0 aliphatic carbocycles. The first-order valence-corrected chi connectivity index (χ1v) is 7.67. The lowest BCUT2D eigenvalue weighted by Gasteiger charge is -2.01. The summed E-state index contributed by atoms with van der Waals surface area (Å²) < 4.78 is 5.41. The minimum Gasteiger partial charge on any atom is -0.381 e. The highest BCUT2D eigenvalue weighted by atomic mass is 32.0. The molecule has 0 aliphatic heterocycles. The van der Waals surface area contributed by atoms with Crippen molar-refractivity contribution in [3.05, 3.63) is 0 Å². The maximum absolute atomic E-state index is 5.41. The van der Waals surface area contributed by atoms with Crippen LogP contribution in [-0.4, -0.2) is 33.0 Å². The Hall–Kier alpha value is 0.780. The Morgan fingerprint density at radius 2 is 2.09 bits per heavy atom. The summed E-state index contributed by atoms with van der Waals surface area (Å²) in [7, 11) is 5.14. The fourth-order valence-corrected chi connectivity index (χ4v) is 1.90. The average molecular weight is 196 g/mol. The van der Waals surface area contributed by atoms with Crippen LogP contribution in [0.1, 0.15) is 12.8 Å². The molecule has 0 fully saturated rings. The summed E-state index contributed by atoms with van der Waals surface area (Å²) in [6, 6.07) is 0. The SMILES string of the molecule is CNCCCOCCCP[PH3+]. The molecule has 0 aromatic rings. The van der Waals surface area contributed by atoms with Crippen molar-refractivity contribution in [1.82, 2.24) is 5.32 Å². The molecule has 1 N–H and O–H groups in total. The summed E-state index contributed by atoms with van der Waals surface area (Å²) in [6.07, 6.45) is 3.71. The van der Waals surface area contributed by atoms with Crippen LogP contribution in [0, 0.1) is 0 Å². The lowest BCUT2D eigenvalue weighted by atomic mass is 10.4. The van der Waals surface area contributed by atoms with Gasteiger partial charge in [0, 0.05) is 27.6 Å². The Morgan fingerprint density at radius 3 is 2.73 bits per heavy atom. The van der Waals surface area contributed by atoms with E-state index >= 15 is 0 Å². The van der Waals surface area contributed by atoms with E-state index in [1.807, 2.05) is 7.05 Å². The van der Waals surface area contributed by atoms with Crippen molar-refractivity contribution in [1.29, 1.82) is 0 Å². The molecule has 0 heterocycles. The molecule has 0 amide bonds. The average Bonchev–Trinajstić information content (AvgIpc) is 2.03. The van der Waals surface area contributed by atoms with E-state index in [4.69, 9.17) is 4.74 Å². The van der Waals surface area contributed by atoms with Crippen molar-refractivity contribution in [2.45, 2.75) is 12.8 Å². The van der Waals surface area contributed by atoms with Gasteiger partial charge in [-0.3, -0.25) is 0 Å². The quantitative estimate of drug-likeness (QED) is 0.465. The Morgan fingerprint density at radius 1 is 1.36 bits per heavy atom. The normalized spacial score (nSPS) is 11.7. The van der Waals surface area contributed by atoms with E-state index in [2.05, 4.69) is 14.2 Å². The van der Waals surface area contributed by atoms with Crippen LogP contribution in [0.3, 0.4) is 0 Å². The maximum atomic E-state index is 5.41. The number of ether oxygens (including phenoxy) is 1. The molecule has 0 bridgehead atoms. The van der Waals surface area contributed by atoms with E-state index in [9.17, 15) is 0 Å². The van der Waals surface area contributed by atoms with Crippen molar-refractivity contribution in [3.8, 4) is 0 Å². The smallest absolute Gasteiger partial charge is 0.0478 e. The van der Waals surface area contributed by atoms with Gasteiger partial charge in [-0.25, -0.2) is 0 Å². The molecule has 0 rings (SSSR count). The van der Waals surface area contributed by atoms with Crippen LogP contribution < -0.4 is 5.32 Å². The molecule has 0 aliphatic rings. The molecule has 0 saturated heterocycles. The zero-order valence-electron chi connectivity index (χ0n) is 7.36. The monoisotopic (exact) mass is 196 g/mol. The van der Waals surface area contributed by atoms with Gasteiger partial charge in [0.25, 0.3) is 0 Å². The third-order valence-electron chi connectivity index (χ3n) is 1.36. The molecule has 0 spiro atoms. The van der Waals surface area contributed by atoms with E-state index < -0.39 is 0 Å². The van der Waals surface area contributed by atoms with Crippen molar-refractivity contribution in [3.63, 3.8) is 0 Å². The first-order chi connectivity index (χ1) is 5.41. The number of hydrogen-bond donors (Lipinski definition) is 1. The zero-order chi connectivity index (χ0) is 8.36. The summed E-state index contributed by atoms with van der Waals surface area (Å²) in [5.74, 6) is 0. The standard InChI is InChI=1S/C7H19NOP2/c1-8-4-2-5-9-6-3-7-11-10/h8,11H,2-7,10H2,1H3/p+1. The topological polar surface area (TPSA) is 21.3 Å². The van der Waals surface area contributed by atoms with Gasteiger partial charge >= 0.3 is 0 Å². The largest absolute Gasteiger partial charge is 0.381 e. The van der Waals surface area contributed by atoms with Crippen LogP contribution >= 0.6 is 17.2 Å². The second-order valence-corrected chi connectivity index (χ2v) is 4.92.